The van der Waals surface area contributed by atoms with Gasteiger partial charge in [0.2, 0.25) is 0 Å². The zero-order chi connectivity index (χ0) is 8.27. The number of aliphatic hydroxyl groups is 1. The summed E-state index contributed by atoms with van der Waals surface area (Å²) in [4.78, 5) is 0. The number of nitrogens with zero attached hydrogens (tertiary/aromatic N) is 1. The summed E-state index contributed by atoms with van der Waals surface area (Å²) >= 11 is 0. The molecule has 0 spiro atoms. The highest BCUT2D eigenvalue weighted by Crippen LogP contribution is 2.13. The van der Waals surface area contributed by atoms with Gasteiger partial charge in [-0.15, -0.1) is 0 Å². The molecule has 0 saturated heterocycles. The monoisotopic (exact) mass is 153 g/mol. The van der Waals surface area contributed by atoms with Crippen LogP contribution < -0.4 is 0 Å². The van der Waals surface area contributed by atoms with E-state index in [1.165, 1.54) is 0 Å². The molecule has 0 aliphatic heterocycles. The fourth-order valence-corrected chi connectivity index (χ4v) is 0.899. The number of aryl methyl sites for hydroxylation is 2. The molecule has 0 radical (unpaired) electrons. The van der Waals surface area contributed by atoms with Gasteiger partial charge in [0, 0.05) is 5.56 Å². The number of hydrogen-bond donors (Lipinski definition) is 1. The fraction of sp³-hybridized carbons (Fsp3) is 0.375. The molecule has 0 fully saturated rings. The molecule has 0 amide bonds. The van der Waals surface area contributed by atoms with E-state index in [2.05, 4.69) is 5.16 Å². The van der Waals surface area contributed by atoms with Crippen LogP contribution in [0.2, 0.25) is 0 Å². The third-order valence-electron chi connectivity index (χ3n) is 1.48. The fourth-order valence-electron chi connectivity index (χ4n) is 0.899. The molecular weight excluding hydrogens is 142 g/mol. The predicted molar refractivity (Wildman–Crippen MR) is 42.1 cm³/mol. The summed E-state index contributed by atoms with van der Waals surface area (Å²) in [6, 6.07) is 0. The van der Waals surface area contributed by atoms with Crippen molar-refractivity contribution in [1.29, 1.82) is 0 Å². The van der Waals surface area contributed by atoms with Crippen molar-refractivity contribution in [3.63, 3.8) is 0 Å². The van der Waals surface area contributed by atoms with Crippen LogP contribution in [0.1, 0.15) is 17.0 Å². The minimum absolute atomic E-state index is 0.0457. The first-order chi connectivity index (χ1) is 5.25. The molecule has 1 heterocycles. The van der Waals surface area contributed by atoms with Crippen LogP contribution in [0.15, 0.2) is 10.6 Å². The molecule has 3 heteroatoms. The molecule has 11 heavy (non-hydrogen) atoms. The standard InChI is InChI=1S/C8H11NO2/c1-6-8(4-3-5-10)7(2)11-9-6/h3-4,10H,5H2,1-2H3. The van der Waals surface area contributed by atoms with Gasteiger partial charge in [0.25, 0.3) is 0 Å². The van der Waals surface area contributed by atoms with Crippen LogP contribution in [0.25, 0.3) is 6.08 Å². The minimum atomic E-state index is 0.0457. The normalized spacial score (nSPS) is 11.2. The van der Waals surface area contributed by atoms with Crippen LogP contribution in [0, 0.1) is 13.8 Å². The van der Waals surface area contributed by atoms with Crippen molar-refractivity contribution in [2.45, 2.75) is 13.8 Å². The Morgan fingerprint density at radius 2 is 2.27 bits per heavy atom. The molecule has 0 aliphatic carbocycles. The molecule has 3 nitrogen and oxygen atoms in total. The van der Waals surface area contributed by atoms with Gasteiger partial charge in [-0.3, -0.25) is 0 Å². The van der Waals surface area contributed by atoms with Gasteiger partial charge in [0.15, 0.2) is 0 Å². The van der Waals surface area contributed by atoms with Crippen LogP contribution in [-0.4, -0.2) is 16.9 Å². The molecular formula is C8H11NO2. The van der Waals surface area contributed by atoms with E-state index >= 15 is 0 Å². The lowest BCUT2D eigenvalue weighted by atomic mass is 10.2. The quantitative estimate of drug-likeness (QED) is 0.696. The first-order valence-corrected chi connectivity index (χ1v) is 3.46. The SMILES string of the molecule is Cc1noc(C)c1C=CCO. The first-order valence-electron chi connectivity index (χ1n) is 3.46. The summed E-state index contributed by atoms with van der Waals surface area (Å²) in [5.74, 6) is 0.784. The van der Waals surface area contributed by atoms with Gasteiger partial charge in [-0.1, -0.05) is 17.3 Å². The molecule has 1 aromatic rings. The van der Waals surface area contributed by atoms with Crippen LogP contribution >= 0.6 is 0 Å². The number of aromatic nitrogens is 1. The highest BCUT2D eigenvalue weighted by molar-refractivity contribution is 5.53. The molecule has 0 atom stereocenters. The van der Waals surface area contributed by atoms with Crippen molar-refractivity contribution in [1.82, 2.24) is 5.16 Å². The summed E-state index contributed by atoms with van der Waals surface area (Å²) in [7, 11) is 0. The number of rotatable bonds is 2. The molecule has 0 unspecified atom stereocenters. The van der Waals surface area contributed by atoms with Crippen LogP contribution in [0.4, 0.5) is 0 Å². The molecule has 0 aromatic carbocycles. The van der Waals surface area contributed by atoms with Gasteiger partial charge >= 0.3 is 0 Å². The van der Waals surface area contributed by atoms with Crippen LogP contribution in [-0.2, 0) is 0 Å². The Bertz CT molecular complexity index is 244. The maximum atomic E-state index is 8.51. The topological polar surface area (TPSA) is 46.3 Å². The Hall–Kier alpha value is -1.09. The van der Waals surface area contributed by atoms with Crippen molar-refractivity contribution in [3.05, 3.63) is 23.1 Å². The second kappa shape index (κ2) is 3.34. The summed E-state index contributed by atoms with van der Waals surface area (Å²) in [5.41, 5.74) is 1.81. The smallest absolute Gasteiger partial charge is 0.141 e. The average Bonchev–Trinajstić information content (AvgIpc) is 2.29. The van der Waals surface area contributed by atoms with Crippen LogP contribution in [0.3, 0.4) is 0 Å². The van der Waals surface area contributed by atoms with E-state index in [0.29, 0.717) is 0 Å². The van der Waals surface area contributed by atoms with Crippen molar-refractivity contribution < 1.29 is 9.63 Å². The van der Waals surface area contributed by atoms with Gasteiger partial charge < -0.3 is 9.63 Å². The van der Waals surface area contributed by atoms with Crippen molar-refractivity contribution in [3.8, 4) is 0 Å². The number of aliphatic hydroxyl groups excluding tert-OH is 1. The van der Waals surface area contributed by atoms with Gasteiger partial charge in [-0.25, -0.2) is 0 Å². The molecule has 0 bridgehead atoms. The molecule has 1 rings (SSSR count). The van der Waals surface area contributed by atoms with Gasteiger partial charge in [-0.2, -0.15) is 0 Å². The van der Waals surface area contributed by atoms with Crippen molar-refractivity contribution in [2.24, 2.45) is 0 Å². The molecule has 60 valence electrons. The second-order valence-corrected chi connectivity index (χ2v) is 2.32. The van der Waals surface area contributed by atoms with Gasteiger partial charge in [0.1, 0.15) is 5.76 Å². The largest absolute Gasteiger partial charge is 0.392 e. The Kier molecular flexibility index (Phi) is 2.44. The Labute approximate surface area is 65.3 Å². The first kappa shape index (κ1) is 8.01. The Morgan fingerprint density at radius 3 is 2.73 bits per heavy atom. The third kappa shape index (κ3) is 1.68. The lowest BCUT2D eigenvalue weighted by Crippen LogP contribution is -1.78. The summed E-state index contributed by atoms with van der Waals surface area (Å²) < 4.78 is 4.91. The average molecular weight is 153 g/mol. The van der Waals surface area contributed by atoms with Gasteiger partial charge in [0.05, 0.1) is 12.3 Å². The molecule has 1 aromatic heterocycles. The van der Waals surface area contributed by atoms with Gasteiger partial charge in [-0.05, 0) is 13.8 Å². The van der Waals surface area contributed by atoms with Crippen molar-refractivity contribution in [2.75, 3.05) is 6.61 Å². The van der Waals surface area contributed by atoms with E-state index in [-0.39, 0.29) is 6.61 Å². The Morgan fingerprint density at radius 1 is 1.55 bits per heavy atom. The lowest BCUT2D eigenvalue weighted by Gasteiger charge is -1.86. The van der Waals surface area contributed by atoms with E-state index < -0.39 is 0 Å². The molecule has 0 saturated carbocycles. The Balaban J connectivity index is 2.92. The highest BCUT2D eigenvalue weighted by Gasteiger charge is 2.03. The van der Waals surface area contributed by atoms with Crippen LogP contribution in [0.5, 0.6) is 0 Å². The third-order valence-corrected chi connectivity index (χ3v) is 1.48. The predicted octanol–water partition coefficient (Wildman–Crippen LogP) is 1.30. The van der Waals surface area contributed by atoms with E-state index in [1.54, 1.807) is 12.2 Å². The molecule has 1 N–H and O–H groups in total. The summed E-state index contributed by atoms with van der Waals surface area (Å²) in [6.07, 6.45) is 3.47. The van der Waals surface area contributed by atoms with E-state index in [0.717, 1.165) is 17.0 Å². The van der Waals surface area contributed by atoms with E-state index in [1.807, 2.05) is 13.8 Å². The number of hydrogen-bond acceptors (Lipinski definition) is 3. The second-order valence-electron chi connectivity index (χ2n) is 2.32. The van der Waals surface area contributed by atoms with E-state index in [9.17, 15) is 0 Å². The van der Waals surface area contributed by atoms with E-state index in [4.69, 9.17) is 9.63 Å². The van der Waals surface area contributed by atoms with Crippen molar-refractivity contribution >= 4 is 6.08 Å². The summed E-state index contributed by atoms with van der Waals surface area (Å²) in [5, 5.41) is 12.3. The minimum Gasteiger partial charge on any atom is -0.392 e. The zero-order valence-corrected chi connectivity index (χ0v) is 6.66. The molecule has 0 aliphatic rings. The maximum absolute atomic E-state index is 8.51. The highest BCUT2D eigenvalue weighted by atomic mass is 16.5. The zero-order valence-electron chi connectivity index (χ0n) is 6.66. The maximum Gasteiger partial charge on any atom is 0.141 e. The lowest BCUT2D eigenvalue weighted by molar-refractivity contribution is 0.343. The summed E-state index contributed by atoms with van der Waals surface area (Å²) in [6.45, 7) is 3.76.